The van der Waals surface area contributed by atoms with Gasteiger partial charge in [-0.05, 0) is 17.5 Å². The Morgan fingerprint density at radius 2 is 1.86 bits per heavy atom. The molecular weight excluding hydrogens is 282 g/mol. The third-order valence-electron chi connectivity index (χ3n) is 3.41. The van der Waals surface area contributed by atoms with Crippen molar-refractivity contribution in [3.63, 3.8) is 0 Å². The highest BCUT2D eigenvalue weighted by atomic mass is 16.4. The van der Waals surface area contributed by atoms with E-state index in [1.807, 2.05) is 44.2 Å². The molecule has 5 heteroatoms. The van der Waals surface area contributed by atoms with E-state index in [9.17, 15) is 14.7 Å². The molecule has 0 radical (unpaired) electrons. The maximum atomic E-state index is 12.3. The van der Waals surface area contributed by atoms with Crippen molar-refractivity contribution in [2.75, 3.05) is 0 Å². The average molecular weight is 301 g/mol. The molecular formula is C17H19NO4. The number of nitrogens with one attached hydrogen (secondary N) is 1. The largest absolute Gasteiger partial charge is 0.480 e. The molecule has 2 aromatic rings. The van der Waals surface area contributed by atoms with Crippen LogP contribution in [0.1, 0.15) is 41.4 Å². The Morgan fingerprint density at radius 1 is 1.18 bits per heavy atom. The first-order chi connectivity index (χ1) is 10.5. The van der Waals surface area contributed by atoms with Crippen molar-refractivity contribution in [1.82, 2.24) is 5.32 Å². The Morgan fingerprint density at radius 3 is 2.45 bits per heavy atom. The van der Waals surface area contributed by atoms with E-state index in [0.29, 0.717) is 0 Å². The fraction of sp³-hybridized carbons (Fsp3) is 0.294. The summed E-state index contributed by atoms with van der Waals surface area (Å²) in [6, 6.07) is 9.91. The van der Waals surface area contributed by atoms with Crippen molar-refractivity contribution in [1.29, 1.82) is 0 Å². The van der Waals surface area contributed by atoms with E-state index in [-0.39, 0.29) is 18.1 Å². The summed E-state index contributed by atoms with van der Waals surface area (Å²) >= 11 is 0. The average Bonchev–Trinajstić information content (AvgIpc) is 2.97. The summed E-state index contributed by atoms with van der Waals surface area (Å²) in [7, 11) is 0. The van der Waals surface area contributed by atoms with E-state index in [4.69, 9.17) is 4.42 Å². The molecule has 22 heavy (non-hydrogen) atoms. The quantitative estimate of drug-likeness (QED) is 0.860. The second kappa shape index (κ2) is 6.93. The minimum absolute atomic E-state index is 0.122. The van der Waals surface area contributed by atoms with Crippen LogP contribution < -0.4 is 5.32 Å². The molecule has 116 valence electrons. The smallest absolute Gasteiger partial charge is 0.326 e. The van der Waals surface area contributed by atoms with Crippen molar-refractivity contribution in [3.8, 4) is 0 Å². The third kappa shape index (κ3) is 3.75. The zero-order valence-electron chi connectivity index (χ0n) is 12.6. The normalized spacial score (nSPS) is 12.1. The zero-order valence-corrected chi connectivity index (χ0v) is 12.6. The van der Waals surface area contributed by atoms with Crippen LogP contribution in [0.15, 0.2) is 47.1 Å². The van der Waals surface area contributed by atoms with Crippen molar-refractivity contribution < 1.29 is 19.1 Å². The van der Waals surface area contributed by atoms with Crippen molar-refractivity contribution in [2.24, 2.45) is 0 Å². The van der Waals surface area contributed by atoms with E-state index in [2.05, 4.69) is 5.32 Å². The number of aliphatic carboxylic acids is 1. The fourth-order valence-corrected chi connectivity index (χ4v) is 2.23. The van der Waals surface area contributed by atoms with Gasteiger partial charge in [-0.15, -0.1) is 0 Å². The zero-order chi connectivity index (χ0) is 16.1. The molecule has 1 aromatic heterocycles. The van der Waals surface area contributed by atoms with Gasteiger partial charge in [-0.3, -0.25) is 4.79 Å². The van der Waals surface area contributed by atoms with Gasteiger partial charge in [0.15, 0.2) is 5.76 Å². The molecule has 2 rings (SSSR count). The Balaban J connectivity index is 2.12. The number of hydrogen-bond donors (Lipinski definition) is 2. The van der Waals surface area contributed by atoms with Crippen LogP contribution in [0.5, 0.6) is 0 Å². The molecule has 1 atom stereocenters. The van der Waals surface area contributed by atoms with Crippen molar-refractivity contribution in [3.05, 3.63) is 59.5 Å². The van der Waals surface area contributed by atoms with Crippen LogP contribution in [0.4, 0.5) is 0 Å². The Hall–Kier alpha value is -2.56. The van der Waals surface area contributed by atoms with E-state index < -0.39 is 17.9 Å². The molecule has 0 aliphatic carbocycles. The second-order valence-corrected chi connectivity index (χ2v) is 5.41. The van der Waals surface area contributed by atoms with E-state index in [1.165, 1.54) is 6.26 Å². The van der Waals surface area contributed by atoms with E-state index in [1.54, 1.807) is 6.07 Å². The van der Waals surface area contributed by atoms with Gasteiger partial charge in [0.2, 0.25) is 0 Å². The number of rotatable bonds is 6. The van der Waals surface area contributed by atoms with Gasteiger partial charge < -0.3 is 14.8 Å². The lowest BCUT2D eigenvalue weighted by atomic mass is 10.0. The van der Waals surface area contributed by atoms with E-state index in [0.717, 1.165) is 11.1 Å². The standard InChI is InChI=1S/C17H19NO4/c1-11(2)13-8-9-22-15(13)16(19)18-14(17(20)21)10-12-6-4-3-5-7-12/h3-9,11,14H,10H2,1-2H3,(H,18,19)(H,20,21). The SMILES string of the molecule is CC(C)c1ccoc1C(=O)NC(Cc1ccccc1)C(=O)O. The van der Waals surface area contributed by atoms with Gasteiger partial charge >= 0.3 is 5.97 Å². The summed E-state index contributed by atoms with van der Waals surface area (Å²) < 4.78 is 5.21. The van der Waals surface area contributed by atoms with Crippen molar-refractivity contribution in [2.45, 2.75) is 32.2 Å². The molecule has 0 aliphatic heterocycles. The summed E-state index contributed by atoms with van der Waals surface area (Å²) in [4.78, 5) is 23.7. The molecule has 1 aromatic carbocycles. The molecule has 0 bridgehead atoms. The van der Waals surface area contributed by atoms with Gasteiger partial charge in [0.25, 0.3) is 5.91 Å². The predicted octanol–water partition coefficient (Wildman–Crippen LogP) is 2.83. The highest BCUT2D eigenvalue weighted by Gasteiger charge is 2.24. The first-order valence-electron chi connectivity index (χ1n) is 7.14. The van der Waals surface area contributed by atoms with Crippen LogP contribution >= 0.6 is 0 Å². The Labute approximate surface area is 129 Å². The number of amides is 1. The number of furan rings is 1. The molecule has 5 nitrogen and oxygen atoms in total. The summed E-state index contributed by atoms with van der Waals surface area (Å²) in [5, 5.41) is 11.8. The number of hydrogen-bond acceptors (Lipinski definition) is 3. The van der Waals surface area contributed by atoms with Crippen molar-refractivity contribution >= 4 is 11.9 Å². The van der Waals surface area contributed by atoms with Gasteiger partial charge in [-0.25, -0.2) is 4.79 Å². The first-order valence-corrected chi connectivity index (χ1v) is 7.14. The third-order valence-corrected chi connectivity index (χ3v) is 3.41. The summed E-state index contributed by atoms with van der Waals surface area (Å²) in [6.45, 7) is 3.89. The topological polar surface area (TPSA) is 79.5 Å². The minimum atomic E-state index is -1.07. The van der Waals surface area contributed by atoms with Crippen LogP contribution in [-0.2, 0) is 11.2 Å². The highest BCUT2D eigenvalue weighted by Crippen LogP contribution is 2.20. The lowest BCUT2D eigenvalue weighted by molar-refractivity contribution is -0.139. The number of benzene rings is 1. The molecule has 0 saturated carbocycles. The van der Waals surface area contributed by atoms with E-state index >= 15 is 0 Å². The van der Waals surface area contributed by atoms with Gasteiger partial charge in [-0.1, -0.05) is 44.2 Å². The lowest BCUT2D eigenvalue weighted by Crippen LogP contribution is -2.42. The molecule has 0 spiro atoms. The van der Waals surface area contributed by atoms with Gasteiger partial charge in [0.1, 0.15) is 6.04 Å². The minimum Gasteiger partial charge on any atom is -0.480 e. The molecule has 2 N–H and O–H groups in total. The second-order valence-electron chi connectivity index (χ2n) is 5.41. The molecule has 1 unspecified atom stereocenters. The Kier molecular flexibility index (Phi) is 4.99. The maximum absolute atomic E-state index is 12.3. The van der Waals surface area contributed by atoms with Gasteiger partial charge in [0.05, 0.1) is 6.26 Å². The number of carbonyl (C=O) groups excluding carboxylic acids is 1. The molecule has 0 aliphatic rings. The molecule has 0 fully saturated rings. The van der Waals surface area contributed by atoms with Gasteiger partial charge in [-0.2, -0.15) is 0 Å². The monoisotopic (exact) mass is 301 g/mol. The highest BCUT2D eigenvalue weighted by molar-refractivity contribution is 5.95. The van der Waals surface area contributed by atoms with Crippen LogP contribution in [0.25, 0.3) is 0 Å². The number of carboxylic acid groups (broad SMARTS) is 1. The summed E-state index contributed by atoms with van der Waals surface area (Å²) in [5.41, 5.74) is 1.61. The predicted molar refractivity (Wildman–Crippen MR) is 81.8 cm³/mol. The molecule has 1 heterocycles. The molecule has 0 saturated heterocycles. The first kappa shape index (κ1) is 15.8. The maximum Gasteiger partial charge on any atom is 0.326 e. The van der Waals surface area contributed by atoms with Crippen LogP contribution in [-0.4, -0.2) is 23.0 Å². The van der Waals surface area contributed by atoms with Crippen LogP contribution in [0, 0.1) is 0 Å². The van der Waals surface area contributed by atoms with Crippen LogP contribution in [0.3, 0.4) is 0 Å². The van der Waals surface area contributed by atoms with Gasteiger partial charge in [0, 0.05) is 12.0 Å². The van der Waals surface area contributed by atoms with Crippen LogP contribution in [0.2, 0.25) is 0 Å². The molecule has 1 amide bonds. The fourth-order valence-electron chi connectivity index (χ4n) is 2.23. The number of carbonyl (C=O) groups is 2. The summed E-state index contributed by atoms with van der Waals surface area (Å²) in [6.07, 6.45) is 1.66. The summed E-state index contributed by atoms with van der Waals surface area (Å²) in [5.74, 6) is -1.28. The lowest BCUT2D eigenvalue weighted by Gasteiger charge is -2.14. The number of carboxylic acids is 1. The Bertz CT molecular complexity index is 646.